The average molecular weight is 293 g/mol. The number of aryl methyl sites for hydroxylation is 1. The first-order valence-electron chi connectivity index (χ1n) is 5.97. The maximum atomic E-state index is 10.6. The van der Waals surface area contributed by atoms with Crippen LogP contribution in [0.25, 0.3) is 11.3 Å². The SMILES string of the molecule is CCc1ccc(-c2cc(N)c(Cl)c(OC(=O)O)n2)cc1. The highest BCUT2D eigenvalue weighted by atomic mass is 35.5. The zero-order valence-corrected chi connectivity index (χ0v) is 11.5. The number of aromatic nitrogens is 1. The Hall–Kier alpha value is -2.27. The van der Waals surface area contributed by atoms with Crippen LogP contribution in [0.1, 0.15) is 12.5 Å². The van der Waals surface area contributed by atoms with Gasteiger partial charge in [-0.3, -0.25) is 0 Å². The lowest BCUT2D eigenvalue weighted by molar-refractivity contribution is 0.142. The second kappa shape index (κ2) is 5.79. The highest BCUT2D eigenvalue weighted by molar-refractivity contribution is 6.34. The van der Waals surface area contributed by atoms with E-state index in [4.69, 9.17) is 22.4 Å². The minimum atomic E-state index is -1.49. The number of pyridine rings is 1. The number of rotatable bonds is 3. The number of ether oxygens (including phenoxy) is 1. The minimum absolute atomic E-state index is 0.0127. The molecule has 0 atom stereocenters. The minimum Gasteiger partial charge on any atom is -0.449 e. The van der Waals surface area contributed by atoms with E-state index in [-0.39, 0.29) is 16.6 Å². The summed E-state index contributed by atoms with van der Waals surface area (Å²) in [5.41, 5.74) is 8.46. The summed E-state index contributed by atoms with van der Waals surface area (Å²) in [6.45, 7) is 2.06. The molecule has 0 radical (unpaired) electrons. The first-order chi connectivity index (χ1) is 9.51. The average Bonchev–Trinajstić information content (AvgIpc) is 2.43. The van der Waals surface area contributed by atoms with Crippen LogP contribution in [0.4, 0.5) is 10.5 Å². The van der Waals surface area contributed by atoms with Gasteiger partial charge >= 0.3 is 6.16 Å². The monoisotopic (exact) mass is 292 g/mol. The third-order valence-corrected chi connectivity index (χ3v) is 3.18. The first kappa shape index (κ1) is 14.1. The van der Waals surface area contributed by atoms with Crippen LogP contribution in [-0.4, -0.2) is 16.2 Å². The second-order valence-corrected chi connectivity index (χ2v) is 4.51. The lowest BCUT2D eigenvalue weighted by Crippen LogP contribution is -2.06. The fourth-order valence-corrected chi connectivity index (χ4v) is 1.87. The van der Waals surface area contributed by atoms with Crippen molar-refractivity contribution >= 4 is 23.4 Å². The lowest BCUT2D eigenvalue weighted by atomic mass is 10.1. The molecule has 0 bridgehead atoms. The fraction of sp³-hybridized carbons (Fsp3) is 0.143. The molecular formula is C14H13ClN2O3. The summed E-state index contributed by atoms with van der Waals surface area (Å²) in [7, 11) is 0. The maximum absolute atomic E-state index is 10.6. The predicted molar refractivity (Wildman–Crippen MR) is 77.1 cm³/mol. The molecule has 5 nitrogen and oxygen atoms in total. The molecule has 0 spiro atoms. The van der Waals surface area contributed by atoms with Crippen molar-refractivity contribution in [3.63, 3.8) is 0 Å². The van der Waals surface area contributed by atoms with Crippen LogP contribution in [0.2, 0.25) is 5.02 Å². The van der Waals surface area contributed by atoms with Crippen molar-refractivity contribution in [3.05, 3.63) is 40.9 Å². The summed E-state index contributed by atoms with van der Waals surface area (Å²) in [6.07, 6.45) is -0.554. The number of nitrogens with zero attached hydrogens (tertiary/aromatic N) is 1. The molecule has 1 heterocycles. The van der Waals surface area contributed by atoms with Crippen LogP contribution in [0.5, 0.6) is 5.88 Å². The van der Waals surface area contributed by atoms with Gasteiger partial charge in [0.2, 0.25) is 5.88 Å². The molecule has 6 heteroatoms. The van der Waals surface area contributed by atoms with Crippen LogP contribution >= 0.6 is 11.6 Å². The molecule has 0 aliphatic carbocycles. The highest BCUT2D eigenvalue weighted by Gasteiger charge is 2.14. The molecule has 1 aromatic carbocycles. The van der Waals surface area contributed by atoms with Crippen molar-refractivity contribution in [2.45, 2.75) is 13.3 Å². The fourth-order valence-electron chi connectivity index (χ4n) is 1.73. The number of halogens is 1. The second-order valence-electron chi connectivity index (χ2n) is 4.13. The van der Waals surface area contributed by atoms with Gasteiger partial charge in [0.15, 0.2) is 0 Å². The number of anilines is 1. The standard InChI is InChI=1S/C14H13ClN2O3/c1-2-8-3-5-9(6-4-8)11-7-10(16)12(15)13(17-11)20-14(18)19/h3-7H,2H2,1H3,(H2,16,17)(H,18,19). The number of nitrogens with two attached hydrogens (primary N) is 1. The predicted octanol–water partition coefficient (Wildman–Crippen LogP) is 3.60. The molecule has 2 aromatic rings. The Morgan fingerprint density at radius 1 is 1.40 bits per heavy atom. The van der Waals surface area contributed by atoms with E-state index in [1.165, 1.54) is 5.56 Å². The molecule has 0 saturated carbocycles. The highest BCUT2D eigenvalue weighted by Crippen LogP contribution is 2.32. The largest absolute Gasteiger partial charge is 0.512 e. The first-order valence-corrected chi connectivity index (χ1v) is 6.35. The van der Waals surface area contributed by atoms with E-state index in [0.717, 1.165) is 12.0 Å². The smallest absolute Gasteiger partial charge is 0.449 e. The van der Waals surface area contributed by atoms with Gasteiger partial charge in [-0.2, -0.15) is 0 Å². The van der Waals surface area contributed by atoms with Crippen LogP contribution in [0, 0.1) is 0 Å². The third-order valence-electron chi connectivity index (χ3n) is 2.80. The lowest BCUT2D eigenvalue weighted by Gasteiger charge is -2.08. The Kier molecular flexibility index (Phi) is 4.10. The Balaban J connectivity index is 2.45. The van der Waals surface area contributed by atoms with Gasteiger partial charge in [0, 0.05) is 5.56 Å². The molecule has 0 saturated heterocycles. The van der Waals surface area contributed by atoms with E-state index in [9.17, 15) is 4.79 Å². The summed E-state index contributed by atoms with van der Waals surface area (Å²) in [6, 6.07) is 9.30. The molecule has 0 aliphatic rings. The van der Waals surface area contributed by atoms with E-state index in [0.29, 0.717) is 5.69 Å². The number of carboxylic acid groups (broad SMARTS) is 1. The molecule has 0 amide bonds. The summed E-state index contributed by atoms with van der Waals surface area (Å²) < 4.78 is 4.53. The zero-order chi connectivity index (χ0) is 14.7. The molecule has 3 N–H and O–H groups in total. The van der Waals surface area contributed by atoms with Crippen molar-refractivity contribution in [1.82, 2.24) is 4.98 Å². The molecule has 20 heavy (non-hydrogen) atoms. The number of hydrogen-bond acceptors (Lipinski definition) is 4. The number of carbonyl (C=O) groups is 1. The van der Waals surface area contributed by atoms with Gasteiger partial charge in [0.1, 0.15) is 5.02 Å². The van der Waals surface area contributed by atoms with Crippen LogP contribution in [0.3, 0.4) is 0 Å². The van der Waals surface area contributed by atoms with E-state index < -0.39 is 6.16 Å². The van der Waals surface area contributed by atoms with Gasteiger partial charge in [-0.25, -0.2) is 9.78 Å². The maximum Gasteiger partial charge on any atom is 0.512 e. The Bertz CT molecular complexity index is 642. The van der Waals surface area contributed by atoms with Gasteiger partial charge in [-0.1, -0.05) is 42.8 Å². The Labute approximate surface area is 121 Å². The molecule has 0 unspecified atom stereocenters. The molecule has 104 valence electrons. The van der Waals surface area contributed by atoms with Crippen molar-refractivity contribution in [2.24, 2.45) is 0 Å². The molecule has 0 aliphatic heterocycles. The van der Waals surface area contributed by atoms with Gasteiger partial charge in [-0.05, 0) is 18.1 Å². The van der Waals surface area contributed by atoms with Gasteiger partial charge in [0.25, 0.3) is 0 Å². The van der Waals surface area contributed by atoms with Crippen molar-refractivity contribution in [1.29, 1.82) is 0 Å². The third kappa shape index (κ3) is 3.00. The summed E-state index contributed by atoms with van der Waals surface area (Å²) in [4.78, 5) is 14.7. The van der Waals surface area contributed by atoms with E-state index in [1.54, 1.807) is 6.07 Å². The number of benzene rings is 1. The molecule has 2 rings (SSSR count). The number of hydrogen-bond donors (Lipinski definition) is 2. The van der Waals surface area contributed by atoms with Gasteiger partial charge in [0.05, 0.1) is 11.4 Å². The topological polar surface area (TPSA) is 85.4 Å². The van der Waals surface area contributed by atoms with Crippen LogP contribution in [-0.2, 0) is 6.42 Å². The van der Waals surface area contributed by atoms with Crippen LogP contribution in [0.15, 0.2) is 30.3 Å². The summed E-state index contributed by atoms with van der Waals surface area (Å²) >= 11 is 5.87. The Morgan fingerprint density at radius 3 is 2.60 bits per heavy atom. The van der Waals surface area contributed by atoms with E-state index >= 15 is 0 Å². The zero-order valence-electron chi connectivity index (χ0n) is 10.8. The summed E-state index contributed by atoms with van der Waals surface area (Å²) in [5.74, 6) is -0.214. The quantitative estimate of drug-likeness (QED) is 0.844. The normalized spacial score (nSPS) is 10.3. The van der Waals surface area contributed by atoms with Crippen molar-refractivity contribution in [3.8, 4) is 17.1 Å². The van der Waals surface area contributed by atoms with Crippen molar-refractivity contribution < 1.29 is 14.6 Å². The summed E-state index contributed by atoms with van der Waals surface area (Å²) in [5, 5.41) is 8.64. The van der Waals surface area contributed by atoms with Gasteiger partial charge in [-0.15, -0.1) is 0 Å². The molecular weight excluding hydrogens is 280 g/mol. The molecule has 1 aromatic heterocycles. The number of nitrogen functional groups attached to an aromatic ring is 1. The van der Waals surface area contributed by atoms with E-state index in [1.807, 2.05) is 24.3 Å². The van der Waals surface area contributed by atoms with Gasteiger partial charge < -0.3 is 15.6 Å². The van der Waals surface area contributed by atoms with E-state index in [2.05, 4.69) is 16.6 Å². The van der Waals surface area contributed by atoms with Crippen molar-refractivity contribution in [2.75, 3.05) is 5.73 Å². The van der Waals surface area contributed by atoms with Crippen LogP contribution < -0.4 is 10.5 Å². The Morgan fingerprint density at radius 2 is 2.05 bits per heavy atom. The molecule has 0 fully saturated rings.